The van der Waals surface area contributed by atoms with Crippen molar-refractivity contribution in [1.29, 1.82) is 0 Å². The van der Waals surface area contributed by atoms with Crippen LogP contribution >= 0.6 is 12.4 Å². The number of rotatable bonds is 4. The van der Waals surface area contributed by atoms with E-state index in [0.717, 1.165) is 38.1 Å². The van der Waals surface area contributed by atoms with Crippen molar-refractivity contribution in [2.75, 3.05) is 26.2 Å². The van der Waals surface area contributed by atoms with Crippen LogP contribution in [0.2, 0.25) is 0 Å². The Morgan fingerprint density at radius 1 is 1.31 bits per heavy atom. The Bertz CT molecular complexity index is 602. The predicted octanol–water partition coefficient (Wildman–Crippen LogP) is 0.947. The van der Waals surface area contributed by atoms with Crippen LogP contribution in [0.25, 0.3) is 0 Å². The van der Waals surface area contributed by atoms with E-state index in [4.69, 9.17) is 0 Å². The highest BCUT2D eigenvalue weighted by molar-refractivity contribution is 5.85. The number of hydrogen-bond acceptors (Lipinski definition) is 4. The van der Waals surface area contributed by atoms with Crippen LogP contribution in [0.1, 0.15) is 44.0 Å². The first kappa shape index (κ1) is 20.5. The molecular weight excluding hydrogens is 356 g/mol. The topological polar surface area (TPSA) is 91.3 Å². The summed E-state index contributed by atoms with van der Waals surface area (Å²) in [6, 6.07) is -0.114. The number of piperazine rings is 1. The van der Waals surface area contributed by atoms with Gasteiger partial charge in [-0.05, 0) is 12.8 Å². The molecule has 3 amide bonds. The van der Waals surface area contributed by atoms with Gasteiger partial charge in [0, 0.05) is 45.1 Å². The van der Waals surface area contributed by atoms with Gasteiger partial charge in [-0.2, -0.15) is 0 Å². The van der Waals surface area contributed by atoms with Gasteiger partial charge in [0.1, 0.15) is 11.9 Å². The minimum absolute atomic E-state index is 0. The Kier molecular flexibility index (Phi) is 7.71. The second-order valence-electron chi connectivity index (χ2n) is 6.87. The summed E-state index contributed by atoms with van der Waals surface area (Å²) in [4.78, 5) is 30.9. The molecular formula is C17H29ClN6O2. The number of amides is 3. The van der Waals surface area contributed by atoms with Crippen molar-refractivity contribution in [3.05, 3.63) is 18.2 Å². The summed E-state index contributed by atoms with van der Waals surface area (Å²) < 4.78 is 1.93. The van der Waals surface area contributed by atoms with E-state index in [1.165, 1.54) is 6.42 Å². The monoisotopic (exact) mass is 384 g/mol. The number of nitrogens with zero attached hydrogens (tertiary/aromatic N) is 3. The average molecular weight is 385 g/mol. The molecule has 8 nitrogen and oxygen atoms in total. The van der Waals surface area contributed by atoms with Crippen LogP contribution in [0.15, 0.2) is 12.4 Å². The zero-order chi connectivity index (χ0) is 17.6. The second-order valence-corrected chi connectivity index (χ2v) is 6.87. The third kappa shape index (κ3) is 5.11. The van der Waals surface area contributed by atoms with Gasteiger partial charge in [0.2, 0.25) is 5.91 Å². The van der Waals surface area contributed by atoms with Crippen LogP contribution in [0.3, 0.4) is 0 Å². The Morgan fingerprint density at radius 3 is 2.77 bits per heavy atom. The summed E-state index contributed by atoms with van der Waals surface area (Å²) in [5.41, 5.74) is 0. The summed E-state index contributed by atoms with van der Waals surface area (Å²) >= 11 is 0. The maximum Gasteiger partial charge on any atom is 0.315 e. The van der Waals surface area contributed by atoms with E-state index in [-0.39, 0.29) is 43.0 Å². The maximum atomic E-state index is 12.6. The third-order valence-electron chi connectivity index (χ3n) is 5.06. The van der Waals surface area contributed by atoms with E-state index >= 15 is 0 Å². The first-order chi connectivity index (χ1) is 12.1. The number of aryl methyl sites for hydroxylation is 1. The Labute approximate surface area is 160 Å². The quantitative estimate of drug-likeness (QED) is 0.720. The molecule has 1 aliphatic carbocycles. The van der Waals surface area contributed by atoms with Gasteiger partial charge in [0.25, 0.3) is 0 Å². The van der Waals surface area contributed by atoms with Crippen molar-refractivity contribution < 1.29 is 9.59 Å². The van der Waals surface area contributed by atoms with E-state index in [0.29, 0.717) is 13.1 Å². The summed E-state index contributed by atoms with van der Waals surface area (Å²) in [6.45, 7) is 2.05. The Hall–Kier alpha value is -1.80. The van der Waals surface area contributed by atoms with Gasteiger partial charge in [-0.15, -0.1) is 12.4 Å². The van der Waals surface area contributed by atoms with Gasteiger partial charge < -0.3 is 25.4 Å². The zero-order valence-electron chi connectivity index (χ0n) is 15.2. The van der Waals surface area contributed by atoms with Crippen molar-refractivity contribution >= 4 is 24.3 Å². The molecule has 1 aromatic heterocycles. The first-order valence-electron chi connectivity index (χ1n) is 9.17. The van der Waals surface area contributed by atoms with Crippen LogP contribution in [-0.4, -0.2) is 58.6 Å². The van der Waals surface area contributed by atoms with Crippen molar-refractivity contribution in [2.24, 2.45) is 7.05 Å². The van der Waals surface area contributed by atoms with E-state index < -0.39 is 0 Å². The number of nitrogens with one attached hydrogen (secondary N) is 3. The molecule has 0 bridgehead atoms. The molecule has 1 atom stereocenters. The van der Waals surface area contributed by atoms with Crippen LogP contribution in [0.5, 0.6) is 0 Å². The van der Waals surface area contributed by atoms with Crippen LogP contribution in [0, 0.1) is 0 Å². The standard InChI is InChI=1S/C17H28N6O2.ClH/c1-22-9-8-19-16(22)14-11-18-7-10-23(14)15(24)12-20-17(25)21-13-5-3-2-4-6-13;/h8-9,13-14,18H,2-7,10-12H2,1H3,(H2,20,21,25);1H. The van der Waals surface area contributed by atoms with Gasteiger partial charge in [0.05, 0.1) is 6.54 Å². The van der Waals surface area contributed by atoms with Crippen LogP contribution in [0.4, 0.5) is 4.79 Å². The minimum atomic E-state index is -0.246. The molecule has 0 spiro atoms. The summed E-state index contributed by atoms with van der Waals surface area (Å²) in [7, 11) is 1.93. The highest BCUT2D eigenvalue weighted by atomic mass is 35.5. The smallest absolute Gasteiger partial charge is 0.315 e. The molecule has 1 aromatic rings. The van der Waals surface area contributed by atoms with E-state index in [1.807, 2.05) is 17.8 Å². The minimum Gasteiger partial charge on any atom is -0.336 e. The van der Waals surface area contributed by atoms with Crippen LogP contribution in [-0.2, 0) is 11.8 Å². The molecule has 0 radical (unpaired) electrons. The normalized spacial score (nSPS) is 21.0. The fraction of sp³-hybridized carbons (Fsp3) is 0.706. The molecule has 2 aliphatic rings. The molecule has 9 heteroatoms. The van der Waals surface area contributed by atoms with Crippen molar-refractivity contribution in [2.45, 2.75) is 44.2 Å². The summed E-state index contributed by atoms with van der Waals surface area (Å²) in [6.07, 6.45) is 9.24. The predicted molar refractivity (Wildman–Crippen MR) is 101 cm³/mol. The van der Waals surface area contributed by atoms with E-state index in [2.05, 4.69) is 20.9 Å². The molecule has 2 fully saturated rings. The molecule has 3 N–H and O–H groups in total. The second kappa shape index (κ2) is 9.78. The third-order valence-corrected chi connectivity index (χ3v) is 5.06. The lowest BCUT2D eigenvalue weighted by Crippen LogP contribution is -2.53. The van der Waals surface area contributed by atoms with Crippen molar-refractivity contribution in [3.8, 4) is 0 Å². The lowest BCUT2D eigenvalue weighted by atomic mass is 9.96. The zero-order valence-corrected chi connectivity index (χ0v) is 16.1. The summed E-state index contributed by atoms with van der Waals surface area (Å²) in [5.74, 6) is 0.778. The lowest BCUT2D eigenvalue weighted by Gasteiger charge is -2.35. The molecule has 146 valence electrons. The number of halogens is 1. The highest BCUT2D eigenvalue weighted by Crippen LogP contribution is 2.20. The van der Waals surface area contributed by atoms with Crippen molar-refractivity contribution in [3.63, 3.8) is 0 Å². The average Bonchev–Trinajstić information content (AvgIpc) is 3.06. The van der Waals surface area contributed by atoms with E-state index in [9.17, 15) is 9.59 Å². The maximum absolute atomic E-state index is 12.6. The molecule has 26 heavy (non-hydrogen) atoms. The molecule has 3 rings (SSSR count). The number of urea groups is 1. The lowest BCUT2D eigenvalue weighted by molar-refractivity contribution is -0.133. The highest BCUT2D eigenvalue weighted by Gasteiger charge is 2.30. The number of carbonyl (C=O) groups excluding carboxylic acids is 2. The van der Waals surface area contributed by atoms with E-state index in [1.54, 1.807) is 11.1 Å². The molecule has 2 heterocycles. The van der Waals surface area contributed by atoms with Gasteiger partial charge in [0.15, 0.2) is 0 Å². The first-order valence-corrected chi connectivity index (χ1v) is 9.17. The molecule has 1 saturated carbocycles. The molecule has 0 aromatic carbocycles. The fourth-order valence-electron chi connectivity index (χ4n) is 3.67. The number of carbonyl (C=O) groups is 2. The van der Waals surface area contributed by atoms with Gasteiger partial charge in [-0.3, -0.25) is 4.79 Å². The Morgan fingerprint density at radius 2 is 2.08 bits per heavy atom. The van der Waals surface area contributed by atoms with Crippen molar-refractivity contribution in [1.82, 2.24) is 30.4 Å². The van der Waals surface area contributed by atoms with Gasteiger partial charge in [-0.1, -0.05) is 19.3 Å². The fourth-order valence-corrected chi connectivity index (χ4v) is 3.67. The van der Waals surface area contributed by atoms with Gasteiger partial charge in [-0.25, -0.2) is 9.78 Å². The summed E-state index contributed by atoms with van der Waals surface area (Å²) in [5, 5.41) is 9.00. The number of imidazole rings is 1. The Balaban J connectivity index is 0.00000243. The largest absolute Gasteiger partial charge is 0.336 e. The molecule has 1 aliphatic heterocycles. The molecule has 1 unspecified atom stereocenters. The van der Waals surface area contributed by atoms with Gasteiger partial charge >= 0.3 is 6.03 Å². The van der Waals surface area contributed by atoms with Crippen LogP contribution < -0.4 is 16.0 Å². The molecule has 1 saturated heterocycles. The SMILES string of the molecule is Cl.Cn1ccnc1C1CNCCN1C(=O)CNC(=O)NC1CCCCC1. The number of aromatic nitrogens is 2. The number of hydrogen-bond donors (Lipinski definition) is 3.